The first kappa shape index (κ1) is 17.4. The fourth-order valence-corrected chi connectivity index (χ4v) is 1.84. The lowest BCUT2D eigenvalue weighted by Gasteiger charge is -2.19. The maximum absolute atomic E-state index is 11.5. The Kier molecular flexibility index (Phi) is 9.98. The predicted octanol–water partition coefficient (Wildman–Crippen LogP) is 2.36. The van der Waals surface area contributed by atoms with Crippen LogP contribution in [-0.4, -0.2) is 31.8 Å². The number of esters is 1. The monoisotopic (exact) mass is 259 g/mol. The molecule has 0 bridgehead atoms. The summed E-state index contributed by atoms with van der Waals surface area (Å²) in [6.45, 7) is 9.76. The van der Waals surface area contributed by atoms with E-state index in [0.29, 0.717) is 38.0 Å². The minimum absolute atomic E-state index is 0.134. The van der Waals surface area contributed by atoms with Crippen LogP contribution in [0.4, 0.5) is 0 Å². The van der Waals surface area contributed by atoms with Gasteiger partial charge in [-0.1, -0.05) is 13.8 Å². The summed E-state index contributed by atoms with van der Waals surface area (Å²) in [4.78, 5) is 11.5. The quantitative estimate of drug-likeness (QED) is 0.483. The maximum atomic E-state index is 11.5. The molecule has 0 aromatic carbocycles. The number of hydrogen-bond acceptors (Lipinski definition) is 4. The van der Waals surface area contributed by atoms with E-state index >= 15 is 0 Å². The number of ether oxygens (including phenoxy) is 2. The third-order valence-electron chi connectivity index (χ3n) is 3.00. The first-order valence-corrected chi connectivity index (χ1v) is 6.94. The van der Waals surface area contributed by atoms with Crippen LogP contribution in [0.3, 0.4) is 0 Å². The molecule has 0 aliphatic heterocycles. The van der Waals surface area contributed by atoms with Crippen LogP contribution in [0.1, 0.15) is 47.0 Å². The van der Waals surface area contributed by atoms with Crippen molar-refractivity contribution in [2.24, 2.45) is 17.6 Å². The molecule has 108 valence electrons. The van der Waals surface area contributed by atoms with Crippen molar-refractivity contribution in [3.8, 4) is 0 Å². The van der Waals surface area contributed by atoms with Gasteiger partial charge in [-0.3, -0.25) is 4.79 Å². The van der Waals surface area contributed by atoms with E-state index < -0.39 is 0 Å². The Balaban J connectivity index is 3.67. The standard InChI is InChI=1S/C14H29NO3/c1-11(2)13(7-8-15)5-6-14(16)18-10-9-17-12(3)4/h11-13H,5-10,15H2,1-4H3. The van der Waals surface area contributed by atoms with E-state index in [9.17, 15) is 4.79 Å². The third-order valence-corrected chi connectivity index (χ3v) is 3.00. The highest BCUT2D eigenvalue weighted by molar-refractivity contribution is 5.69. The molecule has 0 heterocycles. The molecule has 0 spiro atoms. The van der Waals surface area contributed by atoms with E-state index in [4.69, 9.17) is 15.2 Å². The van der Waals surface area contributed by atoms with Gasteiger partial charge in [-0.05, 0) is 45.1 Å². The van der Waals surface area contributed by atoms with Crippen LogP contribution in [0.25, 0.3) is 0 Å². The molecule has 0 rings (SSSR count). The molecule has 0 aliphatic carbocycles. The lowest BCUT2D eigenvalue weighted by Crippen LogP contribution is -2.18. The average molecular weight is 259 g/mol. The fourth-order valence-electron chi connectivity index (χ4n) is 1.84. The zero-order valence-electron chi connectivity index (χ0n) is 12.3. The number of rotatable bonds is 10. The van der Waals surface area contributed by atoms with Gasteiger partial charge in [0.15, 0.2) is 0 Å². The summed E-state index contributed by atoms with van der Waals surface area (Å²) in [5.41, 5.74) is 5.57. The number of carbonyl (C=O) groups excluding carboxylic acids is 1. The summed E-state index contributed by atoms with van der Waals surface area (Å²) in [5, 5.41) is 0. The summed E-state index contributed by atoms with van der Waals surface area (Å²) in [6.07, 6.45) is 2.49. The summed E-state index contributed by atoms with van der Waals surface area (Å²) in [6, 6.07) is 0. The highest BCUT2D eigenvalue weighted by Gasteiger charge is 2.14. The third kappa shape index (κ3) is 9.42. The van der Waals surface area contributed by atoms with Gasteiger partial charge in [-0.15, -0.1) is 0 Å². The highest BCUT2D eigenvalue weighted by atomic mass is 16.6. The molecule has 0 saturated carbocycles. The Morgan fingerprint density at radius 3 is 2.28 bits per heavy atom. The molecule has 0 aromatic rings. The first-order valence-electron chi connectivity index (χ1n) is 6.94. The second kappa shape index (κ2) is 10.3. The van der Waals surface area contributed by atoms with Crippen molar-refractivity contribution >= 4 is 5.97 Å². The fraction of sp³-hybridized carbons (Fsp3) is 0.929. The Hall–Kier alpha value is -0.610. The van der Waals surface area contributed by atoms with Gasteiger partial charge < -0.3 is 15.2 Å². The van der Waals surface area contributed by atoms with Crippen molar-refractivity contribution in [2.75, 3.05) is 19.8 Å². The van der Waals surface area contributed by atoms with Crippen LogP contribution >= 0.6 is 0 Å². The zero-order chi connectivity index (χ0) is 14.0. The van der Waals surface area contributed by atoms with Crippen molar-refractivity contribution in [1.82, 2.24) is 0 Å². The van der Waals surface area contributed by atoms with Gasteiger partial charge in [0.2, 0.25) is 0 Å². The van der Waals surface area contributed by atoms with Crippen molar-refractivity contribution < 1.29 is 14.3 Å². The molecule has 0 saturated heterocycles. The number of hydrogen-bond donors (Lipinski definition) is 1. The second-order valence-electron chi connectivity index (χ2n) is 5.26. The Morgan fingerprint density at radius 1 is 1.11 bits per heavy atom. The average Bonchev–Trinajstić information content (AvgIpc) is 2.29. The van der Waals surface area contributed by atoms with Crippen LogP contribution < -0.4 is 5.73 Å². The van der Waals surface area contributed by atoms with Crippen LogP contribution in [0.5, 0.6) is 0 Å². The molecule has 0 aliphatic rings. The lowest BCUT2D eigenvalue weighted by molar-refractivity contribution is -0.146. The van der Waals surface area contributed by atoms with Crippen LogP contribution in [-0.2, 0) is 14.3 Å². The van der Waals surface area contributed by atoms with E-state index in [2.05, 4.69) is 13.8 Å². The van der Waals surface area contributed by atoms with E-state index in [0.717, 1.165) is 12.8 Å². The molecule has 4 heteroatoms. The second-order valence-corrected chi connectivity index (χ2v) is 5.26. The topological polar surface area (TPSA) is 61.5 Å². The molecule has 0 fully saturated rings. The van der Waals surface area contributed by atoms with Crippen LogP contribution in [0.15, 0.2) is 0 Å². The lowest BCUT2D eigenvalue weighted by atomic mass is 9.88. The largest absolute Gasteiger partial charge is 0.463 e. The molecule has 18 heavy (non-hydrogen) atoms. The van der Waals surface area contributed by atoms with Crippen molar-refractivity contribution in [3.63, 3.8) is 0 Å². The van der Waals surface area contributed by atoms with Gasteiger partial charge in [-0.25, -0.2) is 0 Å². The molecule has 1 unspecified atom stereocenters. The summed E-state index contributed by atoms with van der Waals surface area (Å²) >= 11 is 0. The van der Waals surface area contributed by atoms with Crippen molar-refractivity contribution in [2.45, 2.75) is 53.1 Å². The van der Waals surface area contributed by atoms with E-state index in [1.54, 1.807) is 0 Å². The number of carbonyl (C=O) groups is 1. The van der Waals surface area contributed by atoms with Gasteiger partial charge in [-0.2, -0.15) is 0 Å². The molecule has 0 radical (unpaired) electrons. The Morgan fingerprint density at radius 2 is 1.78 bits per heavy atom. The maximum Gasteiger partial charge on any atom is 0.305 e. The highest BCUT2D eigenvalue weighted by Crippen LogP contribution is 2.20. The minimum atomic E-state index is -0.134. The van der Waals surface area contributed by atoms with Gasteiger partial charge in [0.05, 0.1) is 12.7 Å². The van der Waals surface area contributed by atoms with Crippen molar-refractivity contribution in [1.29, 1.82) is 0 Å². The predicted molar refractivity (Wildman–Crippen MR) is 73.3 cm³/mol. The first-order chi connectivity index (χ1) is 8.47. The van der Waals surface area contributed by atoms with Gasteiger partial charge in [0.25, 0.3) is 0 Å². The molecule has 1 atom stereocenters. The molecule has 4 nitrogen and oxygen atoms in total. The summed E-state index contributed by atoms with van der Waals surface area (Å²) in [5.74, 6) is 0.935. The van der Waals surface area contributed by atoms with Crippen LogP contribution in [0, 0.1) is 11.8 Å². The van der Waals surface area contributed by atoms with Gasteiger partial charge in [0, 0.05) is 6.42 Å². The normalized spacial score (nSPS) is 13.1. The summed E-state index contributed by atoms with van der Waals surface area (Å²) in [7, 11) is 0. The molecule has 0 aromatic heterocycles. The van der Waals surface area contributed by atoms with Gasteiger partial charge in [0.1, 0.15) is 6.61 Å². The summed E-state index contributed by atoms with van der Waals surface area (Å²) < 4.78 is 10.4. The van der Waals surface area contributed by atoms with E-state index in [-0.39, 0.29) is 12.1 Å². The SMILES string of the molecule is CC(C)OCCOC(=O)CCC(CCN)C(C)C. The Labute approximate surface area is 111 Å². The van der Waals surface area contributed by atoms with Gasteiger partial charge >= 0.3 is 5.97 Å². The molecule has 0 amide bonds. The Bertz CT molecular complexity index is 217. The minimum Gasteiger partial charge on any atom is -0.463 e. The molecular formula is C14H29NO3. The number of nitrogens with two attached hydrogens (primary N) is 1. The van der Waals surface area contributed by atoms with E-state index in [1.807, 2.05) is 13.8 Å². The van der Waals surface area contributed by atoms with E-state index in [1.165, 1.54) is 0 Å². The molecular weight excluding hydrogens is 230 g/mol. The smallest absolute Gasteiger partial charge is 0.305 e. The molecule has 2 N–H and O–H groups in total. The van der Waals surface area contributed by atoms with Crippen LogP contribution in [0.2, 0.25) is 0 Å². The zero-order valence-corrected chi connectivity index (χ0v) is 12.3. The van der Waals surface area contributed by atoms with Crippen molar-refractivity contribution in [3.05, 3.63) is 0 Å².